The van der Waals surface area contributed by atoms with Gasteiger partial charge in [0.15, 0.2) is 5.82 Å². The fourth-order valence-corrected chi connectivity index (χ4v) is 3.41. The van der Waals surface area contributed by atoms with Crippen LogP contribution in [0.25, 0.3) is 10.9 Å². The summed E-state index contributed by atoms with van der Waals surface area (Å²) in [5, 5.41) is 0.591. The number of likely N-dealkylation sites (tertiary alicyclic amines) is 1. The molecule has 0 bridgehead atoms. The van der Waals surface area contributed by atoms with Gasteiger partial charge in [0.2, 0.25) is 5.28 Å². The molecule has 1 aliphatic heterocycles. The van der Waals surface area contributed by atoms with Gasteiger partial charge in [0.05, 0.1) is 15.5 Å². The molecule has 1 saturated heterocycles. The Hall–Kier alpha value is -1.38. The summed E-state index contributed by atoms with van der Waals surface area (Å²) in [6.45, 7) is 6.38. The summed E-state index contributed by atoms with van der Waals surface area (Å²) in [6, 6.07) is 1.58. The third-order valence-corrected chi connectivity index (χ3v) is 5.65. The van der Waals surface area contributed by atoms with E-state index in [0.29, 0.717) is 24.3 Å². The Labute approximate surface area is 174 Å². The number of amides is 1. The number of benzene rings is 1. The molecule has 0 saturated carbocycles. The molecule has 1 aromatic carbocycles. The van der Waals surface area contributed by atoms with E-state index in [9.17, 15) is 9.18 Å². The molecule has 2 heterocycles. The van der Waals surface area contributed by atoms with Crippen molar-refractivity contribution >= 4 is 61.9 Å². The number of carbonyl (C=O) groups is 1. The summed E-state index contributed by atoms with van der Waals surface area (Å²) in [5.41, 5.74) is -0.469. The van der Waals surface area contributed by atoms with Crippen molar-refractivity contribution in [1.29, 1.82) is 0 Å². The Morgan fingerprint density at radius 2 is 2.00 bits per heavy atom. The predicted octanol–water partition coefficient (Wildman–Crippen LogP) is 4.89. The number of carbonyl (C=O) groups excluding carboxylic acids is 1. The van der Waals surface area contributed by atoms with Crippen molar-refractivity contribution in [3.05, 3.63) is 26.7 Å². The zero-order valence-electron chi connectivity index (χ0n) is 15.2. The quantitative estimate of drug-likeness (QED) is 0.453. The van der Waals surface area contributed by atoms with Crippen molar-refractivity contribution in [2.24, 2.45) is 0 Å². The first-order valence-electron chi connectivity index (χ1n) is 8.19. The molecule has 6 nitrogen and oxygen atoms in total. The average Bonchev–Trinajstić information content (AvgIpc) is 2.49. The molecule has 27 heavy (non-hydrogen) atoms. The Balaban J connectivity index is 1.85. The van der Waals surface area contributed by atoms with Crippen LogP contribution in [0.1, 0.15) is 20.8 Å². The fourth-order valence-electron chi connectivity index (χ4n) is 2.75. The molecule has 10 heteroatoms. The lowest BCUT2D eigenvalue weighted by Gasteiger charge is -2.44. The second-order valence-corrected chi connectivity index (χ2v) is 8.89. The first kappa shape index (κ1) is 20.4. The van der Waals surface area contributed by atoms with E-state index in [1.54, 1.807) is 11.0 Å². The van der Waals surface area contributed by atoms with Gasteiger partial charge in [0.1, 0.15) is 16.9 Å². The summed E-state index contributed by atoms with van der Waals surface area (Å²) in [6.07, 6.45) is -0.365. The number of hydrogen-bond donors (Lipinski definition) is 0. The molecular formula is C17H18BrCl2FN4O2. The van der Waals surface area contributed by atoms with Crippen molar-refractivity contribution in [2.45, 2.75) is 32.4 Å². The number of anilines is 1. The van der Waals surface area contributed by atoms with Crippen LogP contribution in [0.2, 0.25) is 10.3 Å². The van der Waals surface area contributed by atoms with Crippen molar-refractivity contribution in [3.63, 3.8) is 0 Å². The van der Waals surface area contributed by atoms with Crippen LogP contribution in [-0.4, -0.2) is 52.7 Å². The topological polar surface area (TPSA) is 58.6 Å². The molecule has 0 spiro atoms. The number of fused-ring (bicyclic) bond motifs is 1. The highest BCUT2D eigenvalue weighted by Crippen LogP contribution is 2.36. The van der Waals surface area contributed by atoms with E-state index in [2.05, 4.69) is 25.9 Å². The molecule has 2 aromatic rings. The molecule has 1 aromatic heterocycles. The van der Waals surface area contributed by atoms with Crippen LogP contribution in [0.5, 0.6) is 0 Å². The Morgan fingerprint density at radius 3 is 2.59 bits per heavy atom. The third kappa shape index (κ3) is 4.07. The van der Waals surface area contributed by atoms with E-state index in [4.69, 9.17) is 27.9 Å². The van der Waals surface area contributed by atoms with Gasteiger partial charge < -0.3 is 14.5 Å². The van der Waals surface area contributed by atoms with Gasteiger partial charge in [-0.15, -0.1) is 0 Å². The molecule has 1 aliphatic rings. The van der Waals surface area contributed by atoms with Gasteiger partial charge in [-0.1, -0.05) is 11.6 Å². The molecule has 0 radical (unpaired) electrons. The van der Waals surface area contributed by atoms with Gasteiger partial charge in [-0.2, -0.15) is 4.98 Å². The maximum atomic E-state index is 14.5. The second kappa shape index (κ2) is 7.22. The molecule has 0 aliphatic carbocycles. The largest absolute Gasteiger partial charge is 0.444 e. The first-order chi connectivity index (χ1) is 12.5. The minimum absolute atomic E-state index is 0.0165. The maximum absolute atomic E-state index is 14.5. The minimum Gasteiger partial charge on any atom is -0.444 e. The van der Waals surface area contributed by atoms with Crippen LogP contribution in [0.4, 0.5) is 15.0 Å². The van der Waals surface area contributed by atoms with Crippen LogP contribution < -0.4 is 4.90 Å². The van der Waals surface area contributed by atoms with Crippen LogP contribution in [0.15, 0.2) is 10.5 Å². The fraction of sp³-hybridized carbons (Fsp3) is 0.471. The smallest absolute Gasteiger partial charge is 0.410 e. The lowest BCUT2D eigenvalue weighted by atomic mass is 10.1. The molecule has 1 fully saturated rings. The van der Waals surface area contributed by atoms with Crippen molar-refractivity contribution in [3.8, 4) is 0 Å². The lowest BCUT2D eigenvalue weighted by Crippen LogP contribution is -2.61. The average molecular weight is 480 g/mol. The molecule has 0 atom stereocenters. The number of hydrogen-bond acceptors (Lipinski definition) is 5. The zero-order valence-corrected chi connectivity index (χ0v) is 18.3. The van der Waals surface area contributed by atoms with Gasteiger partial charge in [-0.3, -0.25) is 0 Å². The number of aromatic nitrogens is 2. The Kier molecular flexibility index (Phi) is 5.44. The van der Waals surface area contributed by atoms with Crippen molar-refractivity contribution in [2.75, 3.05) is 25.0 Å². The standard InChI is InChI=1S/C17H18BrCl2FN4O2/c1-17(2,3)27-16(26)25-6-8(7-25)24(4)14-9-5-10(19)11(18)12(21)13(9)22-15(20)23-14/h5,8H,6-7H2,1-4H3. The van der Waals surface area contributed by atoms with Gasteiger partial charge in [-0.05, 0) is 54.4 Å². The molecule has 1 amide bonds. The predicted molar refractivity (Wildman–Crippen MR) is 107 cm³/mol. The number of rotatable bonds is 2. The second-order valence-electron chi connectivity index (χ2n) is 7.35. The summed E-state index contributed by atoms with van der Waals surface area (Å²) >= 11 is 15.2. The van der Waals surface area contributed by atoms with Crippen LogP contribution >= 0.6 is 39.1 Å². The van der Waals surface area contributed by atoms with E-state index >= 15 is 0 Å². The summed E-state index contributed by atoms with van der Waals surface area (Å²) in [7, 11) is 1.81. The highest BCUT2D eigenvalue weighted by atomic mass is 79.9. The van der Waals surface area contributed by atoms with E-state index in [-0.39, 0.29) is 32.4 Å². The van der Waals surface area contributed by atoms with Crippen molar-refractivity contribution < 1.29 is 13.9 Å². The van der Waals surface area contributed by atoms with Gasteiger partial charge in [0, 0.05) is 25.5 Å². The molecular weight excluding hydrogens is 462 g/mol. The zero-order chi connectivity index (χ0) is 20.1. The summed E-state index contributed by atoms with van der Waals surface area (Å²) in [4.78, 5) is 23.8. The Bertz CT molecular complexity index is 916. The lowest BCUT2D eigenvalue weighted by molar-refractivity contribution is 0.00848. The van der Waals surface area contributed by atoms with Crippen molar-refractivity contribution in [1.82, 2.24) is 14.9 Å². The SMILES string of the molecule is CN(c1nc(Cl)nc2c(F)c(Br)c(Cl)cc12)C1CN(C(=O)OC(C)(C)C)C1. The summed E-state index contributed by atoms with van der Waals surface area (Å²) < 4.78 is 20.0. The van der Waals surface area contributed by atoms with E-state index in [0.717, 1.165) is 0 Å². The minimum atomic E-state index is -0.597. The van der Waals surface area contributed by atoms with Crippen LogP contribution in [-0.2, 0) is 4.74 Å². The van der Waals surface area contributed by atoms with Gasteiger partial charge >= 0.3 is 6.09 Å². The summed E-state index contributed by atoms with van der Waals surface area (Å²) in [5.74, 6) is -0.146. The Morgan fingerprint density at radius 1 is 1.37 bits per heavy atom. The molecule has 0 N–H and O–H groups in total. The number of ether oxygens (including phenoxy) is 1. The van der Waals surface area contributed by atoms with Gasteiger partial charge in [0.25, 0.3) is 0 Å². The number of nitrogens with zero attached hydrogens (tertiary/aromatic N) is 4. The number of halogens is 4. The highest BCUT2D eigenvalue weighted by Gasteiger charge is 2.37. The van der Waals surface area contributed by atoms with Crippen LogP contribution in [0.3, 0.4) is 0 Å². The maximum Gasteiger partial charge on any atom is 0.410 e. The van der Waals surface area contributed by atoms with Gasteiger partial charge in [-0.25, -0.2) is 14.2 Å². The molecule has 146 valence electrons. The van der Waals surface area contributed by atoms with E-state index < -0.39 is 11.4 Å². The van der Waals surface area contributed by atoms with E-state index in [1.807, 2.05) is 32.7 Å². The number of likely N-dealkylation sites (N-methyl/N-ethyl adjacent to an activating group) is 1. The molecule has 0 unspecified atom stereocenters. The normalized spacial score (nSPS) is 15.0. The van der Waals surface area contributed by atoms with E-state index in [1.165, 1.54) is 0 Å². The molecule has 3 rings (SSSR count). The third-order valence-electron chi connectivity index (χ3n) is 4.18. The van der Waals surface area contributed by atoms with Crippen LogP contribution in [0, 0.1) is 5.82 Å². The first-order valence-corrected chi connectivity index (χ1v) is 9.74. The highest BCUT2D eigenvalue weighted by molar-refractivity contribution is 9.10. The monoisotopic (exact) mass is 478 g/mol.